The minimum absolute atomic E-state index is 0. The molecule has 0 amide bonds. The number of aromatic nitrogens is 1. The molecule has 0 aliphatic carbocycles. The molecular weight excluding hydrogens is 200 g/mol. The van der Waals surface area contributed by atoms with Gasteiger partial charge in [0.2, 0.25) is 0 Å². The van der Waals surface area contributed by atoms with Crippen LogP contribution in [-0.4, -0.2) is 24.6 Å². The number of anilines is 2. The molecule has 5 heteroatoms. The second-order valence-corrected chi connectivity index (χ2v) is 3.43. The molecule has 78 valence electrons. The fourth-order valence-corrected chi connectivity index (χ4v) is 1.52. The highest BCUT2D eigenvalue weighted by Crippen LogP contribution is 2.22. The van der Waals surface area contributed by atoms with Crippen LogP contribution in [-0.2, 0) is 0 Å². The summed E-state index contributed by atoms with van der Waals surface area (Å²) in [5.74, 6) is 2.17. The van der Waals surface area contributed by atoms with Crippen LogP contribution < -0.4 is 16.4 Å². The van der Waals surface area contributed by atoms with Crippen LogP contribution in [0.4, 0.5) is 11.6 Å². The van der Waals surface area contributed by atoms with E-state index in [2.05, 4.69) is 9.88 Å². The maximum Gasteiger partial charge on any atom is 0.130 e. The minimum atomic E-state index is 0. The third-order valence-electron chi connectivity index (χ3n) is 2.37. The van der Waals surface area contributed by atoms with Crippen molar-refractivity contribution in [1.29, 1.82) is 0 Å². The first-order valence-electron chi connectivity index (χ1n) is 4.47. The monoisotopic (exact) mass is 214 g/mol. The van der Waals surface area contributed by atoms with Crippen molar-refractivity contribution in [3.63, 3.8) is 0 Å². The first kappa shape index (κ1) is 11.1. The number of hydrogen-bond donors (Lipinski definition) is 2. The van der Waals surface area contributed by atoms with Gasteiger partial charge in [-0.05, 0) is 18.7 Å². The molecule has 0 spiro atoms. The maximum absolute atomic E-state index is 5.58. The fourth-order valence-electron chi connectivity index (χ4n) is 1.52. The van der Waals surface area contributed by atoms with Crippen LogP contribution in [0.3, 0.4) is 0 Å². The standard InChI is InChI=1S/C9H14N4.ClH/c10-4-7-5-13(6-7)9-3-1-2-8(11)12-9;/h1-3,7H,4-6,10H2,(H2,11,12);1H. The lowest BCUT2D eigenvalue weighted by molar-refractivity contribution is 0.417. The summed E-state index contributed by atoms with van der Waals surface area (Å²) in [4.78, 5) is 6.42. The maximum atomic E-state index is 5.58. The number of nitrogens with two attached hydrogens (primary N) is 2. The lowest BCUT2D eigenvalue weighted by Gasteiger charge is -2.39. The molecular formula is C9H15ClN4. The Balaban J connectivity index is 0.000000980. The third-order valence-corrected chi connectivity index (χ3v) is 2.37. The SMILES string of the molecule is Cl.NCC1CN(c2cccc(N)n2)C1. The van der Waals surface area contributed by atoms with E-state index in [1.165, 1.54) is 0 Å². The van der Waals surface area contributed by atoms with Crippen LogP contribution in [0.2, 0.25) is 0 Å². The lowest BCUT2D eigenvalue weighted by Crippen LogP contribution is -2.50. The third kappa shape index (κ3) is 2.08. The van der Waals surface area contributed by atoms with E-state index in [1.54, 1.807) is 6.07 Å². The highest BCUT2D eigenvalue weighted by Gasteiger charge is 2.26. The molecule has 1 aliphatic rings. The van der Waals surface area contributed by atoms with E-state index >= 15 is 0 Å². The molecule has 1 aromatic rings. The van der Waals surface area contributed by atoms with Crippen LogP contribution >= 0.6 is 12.4 Å². The summed E-state index contributed by atoms with van der Waals surface area (Å²) >= 11 is 0. The largest absolute Gasteiger partial charge is 0.384 e. The fraction of sp³-hybridized carbons (Fsp3) is 0.444. The Morgan fingerprint density at radius 3 is 2.71 bits per heavy atom. The van der Waals surface area contributed by atoms with Crippen molar-refractivity contribution in [3.8, 4) is 0 Å². The summed E-state index contributed by atoms with van der Waals surface area (Å²) < 4.78 is 0. The smallest absolute Gasteiger partial charge is 0.130 e. The van der Waals surface area contributed by atoms with E-state index in [0.717, 1.165) is 25.5 Å². The Kier molecular flexibility index (Phi) is 3.55. The molecule has 0 bridgehead atoms. The molecule has 2 rings (SSSR count). The van der Waals surface area contributed by atoms with Crippen molar-refractivity contribution < 1.29 is 0 Å². The Morgan fingerprint density at radius 2 is 2.14 bits per heavy atom. The van der Waals surface area contributed by atoms with Crippen LogP contribution in [0.15, 0.2) is 18.2 Å². The van der Waals surface area contributed by atoms with E-state index in [9.17, 15) is 0 Å². The van der Waals surface area contributed by atoms with Gasteiger partial charge in [0.25, 0.3) is 0 Å². The minimum Gasteiger partial charge on any atom is -0.384 e. The van der Waals surface area contributed by atoms with Gasteiger partial charge in [0, 0.05) is 19.0 Å². The molecule has 2 heterocycles. The lowest BCUT2D eigenvalue weighted by atomic mass is 10.0. The zero-order valence-electron chi connectivity index (χ0n) is 7.89. The van der Waals surface area contributed by atoms with Gasteiger partial charge in [0.05, 0.1) is 0 Å². The number of nitrogen functional groups attached to an aromatic ring is 1. The van der Waals surface area contributed by atoms with E-state index < -0.39 is 0 Å². The summed E-state index contributed by atoms with van der Waals surface area (Å²) in [7, 11) is 0. The molecule has 14 heavy (non-hydrogen) atoms. The highest BCUT2D eigenvalue weighted by atomic mass is 35.5. The van der Waals surface area contributed by atoms with Gasteiger partial charge >= 0.3 is 0 Å². The Morgan fingerprint density at radius 1 is 1.43 bits per heavy atom. The molecule has 0 unspecified atom stereocenters. The van der Waals surface area contributed by atoms with Gasteiger partial charge in [-0.15, -0.1) is 12.4 Å². The second-order valence-electron chi connectivity index (χ2n) is 3.43. The number of pyridine rings is 1. The number of rotatable bonds is 2. The van der Waals surface area contributed by atoms with E-state index in [-0.39, 0.29) is 12.4 Å². The van der Waals surface area contributed by atoms with Crippen molar-refractivity contribution >= 4 is 24.0 Å². The predicted octanol–water partition coefficient (Wildman–Crippen LogP) is 0.481. The molecule has 1 aliphatic heterocycles. The molecule has 4 nitrogen and oxygen atoms in total. The van der Waals surface area contributed by atoms with Crippen LogP contribution in [0.1, 0.15) is 0 Å². The molecule has 0 saturated carbocycles. The van der Waals surface area contributed by atoms with E-state index in [0.29, 0.717) is 11.7 Å². The van der Waals surface area contributed by atoms with Crippen LogP contribution in [0.25, 0.3) is 0 Å². The molecule has 1 saturated heterocycles. The van der Waals surface area contributed by atoms with Crippen molar-refractivity contribution in [2.45, 2.75) is 0 Å². The van der Waals surface area contributed by atoms with Crippen LogP contribution in [0, 0.1) is 5.92 Å². The summed E-state index contributed by atoms with van der Waals surface area (Å²) in [5.41, 5.74) is 11.1. The number of nitrogens with zero attached hydrogens (tertiary/aromatic N) is 2. The van der Waals surface area contributed by atoms with Gasteiger partial charge in [-0.3, -0.25) is 0 Å². The molecule has 1 fully saturated rings. The highest BCUT2D eigenvalue weighted by molar-refractivity contribution is 5.85. The van der Waals surface area contributed by atoms with Gasteiger partial charge in [0.15, 0.2) is 0 Å². The Labute approximate surface area is 89.7 Å². The predicted molar refractivity (Wildman–Crippen MR) is 60.7 cm³/mol. The van der Waals surface area contributed by atoms with Gasteiger partial charge in [-0.25, -0.2) is 4.98 Å². The zero-order valence-corrected chi connectivity index (χ0v) is 8.70. The van der Waals surface area contributed by atoms with E-state index in [4.69, 9.17) is 11.5 Å². The molecule has 0 aromatic carbocycles. The summed E-state index contributed by atoms with van der Waals surface area (Å²) in [6.07, 6.45) is 0. The normalized spacial score (nSPS) is 15.9. The average Bonchev–Trinajstić information content (AvgIpc) is 2.02. The second kappa shape index (κ2) is 4.48. The van der Waals surface area contributed by atoms with Crippen molar-refractivity contribution in [2.75, 3.05) is 30.3 Å². The first-order chi connectivity index (χ1) is 6.29. The quantitative estimate of drug-likeness (QED) is 0.752. The van der Waals surface area contributed by atoms with Crippen molar-refractivity contribution in [3.05, 3.63) is 18.2 Å². The first-order valence-corrected chi connectivity index (χ1v) is 4.47. The molecule has 0 atom stereocenters. The van der Waals surface area contributed by atoms with Crippen LogP contribution in [0.5, 0.6) is 0 Å². The Bertz CT molecular complexity index is 299. The average molecular weight is 215 g/mol. The van der Waals surface area contributed by atoms with E-state index in [1.807, 2.05) is 12.1 Å². The summed E-state index contributed by atoms with van der Waals surface area (Å²) in [6, 6.07) is 5.69. The number of hydrogen-bond acceptors (Lipinski definition) is 4. The number of halogens is 1. The molecule has 0 radical (unpaired) electrons. The van der Waals surface area contributed by atoms with Gasteiger partial charge < -0.3 is 16.4 Å². The van der Waals surface area contributed by atoms with Crippen molar-refractivity contribution in [1.82, 2.24) is 4.98 Å². The summed E-state index contributed by atoms with van der Waals surface area (Å²) in [6.45, 7) is 2.78. The van der Waals surface area contributed by atoms with Crippen molar-refractivity contribution in [2.24, 2.45) is 11.7 Å². The molecule has 4 N–H and O–H groups in total. The topological polar surface area (TPSA) is 68.2 Å². The molecule has 1 aromatic heterocycles. The summed E-state index contributed by atoms with van der Waals surface area (Å²) in [5, 5.41) is 0. The van der Waals surface area contributed by atoms with Gasteiger partial charge in [-0.1, -0.05) is 6.07 Å². The Hall–Kier alpha value is -1.00. The van der Waals surface area contributed by atoms with Gasteiger partial charge in [0.1, 0.15) is 11.6 Å². The van der Waals surface area contributed by atoms with Gasteiger partial charge in [-0.2, -0.15) is 0 Å². The zero-order chi connectivity index (χ0) is 9.26.